The number of carboxylic acid groups (broad SMARTS) is 2. The summed E-state index contributed by atoms with van der Waals surface area (Å²) in [6.45, 7) is 7.15. The molecule has 2 aromatic heterocycles. The van der Waals surface area contributed by atoms with Crippen LogP contribution in [0.25, 0.3) is 0 Å². The summed E-state index contributed by atoms with van der Waals surface area (Å²) >= 11 is 3.31. The Hall–Kier alpha value is -2.57. The molecule has 2 aliphatic heterocycles. The second-order valence-corrected chi connectivity index (χ2v) is 10.1. The molecule has 4 rings (SSSR count). The van der Waals surface area contributed by atoms with Gasteiger partial charge < -0.3 is 24.6 Å². The highest BCUT2D eigenvalue weighted by Gasteiger charge is 2.49. The van der Waals surface area contributed by atoms with Crippen molar-refractivity contribution in [2.45, 2.75) is 57.4 Å². The minimum absolute atomic E-state index is 0.0690. The van der Waals surface area contributed by atoms with E-state index in [1.165, 1.54) is 0 Å². The minimum atomic E-state index is -5.08. The summed E-state index contributed by atoms with van der Waals surface area (Å²) in [5, 5.41) is 27.7. The number of aryl methyl sites for hydroxylation is 2. The van der Waals surface area contributed by atoms with Crippen molar-refractivity contribution in [2.24, 2.45) is 0 Å². The zero-order valence-electron chi connectivity index (χ0n) is 19.3. The Balaban J connectivity index is 0.000000286. The third-order valence-electron chi connectivity index (χ3n) is 4.81. The van der Waals surface area contributed by atoms with E-state index in [2.05, 4.69) is 25.5 Å². The highest BCUT2D eigenvalue weighted by atomic mass is 32.1. The zero-order valence-corrected chi connectivity index (χ0v) is 20.9. The van der Waals surface area contributed by atoms with Crippen LogP contribution in [0, 0.1) is 13.8 Å². The van der Waals surface area contributed by atoms with Crippen molar-refractivity contribution in [3.63, 3.8) is 0 Å². The number of hydrogen-bond acceptors (Lipinski definition) is 10. The van der Waals surface area contributed by atoms with Crippen LogP contribution in [0.4, 0.5) is 31.5 Å². The molecule has 1 atom stereocenters. The van der Waals surface area contributed by atoms with Gasteiger partial charge in [-0.05, 0) is 20.3 Å². The maximum atomic E-state index is 10.6. The maximum absolute atomic E-state index is 10.6. The van der Waals surface area contributed by atoms with E-state index in [4.69, 9.17) is 29.3 Å². The molecule has 0 aliphatic carbocycles. The molecule has 37 heavy (non-hydrogen) atoms. The van der Waals surface area contributed by atoms with Crippen LogP contribution in [0.5, 0.6) is 0 Å². The van der Waals surface area contributed by atoms with E-state index in [1.807, 2.05) is 13.8 Å². The molecular weight excluding hydrogens is 558 g/mol. The average Bonchev–Trinajstić information content (AvgIpc) is 3.38. The van der Waals surface area contributed by atoms with Crippen LogP contribution < -0.4 is 4.90 Å². The highest BCUT2D eigenvalue weighted by molar-refractivity contribution is 7.15. The average molecular weight is 581 g/mol. The van der Waals surface area contributed by atoms with Gasteiger partial charge in [-0.15, -0.1) is 21.5 Å². The summed E-state index contributed by atoms with van der Waals surface area (Å²) < 4.78 is 75.6. The first kappa shape index (κ1) is 30.7. The van der Waals surface area contributed by atoms with Crippen molar-refractivity contribution >= 4 is 39.7 Å². The molecular formula is C19H22F6N4O6S2. The Morgan fingerprint density at radius 3 is 2.11 bits per heavy atom. The van der Waals surface area contributed by atoms with Gasteiger partial charge in [-0.25, -0.2) is 14.6 Å². The van der Waals surface area contributed by atoms with E-state index in [9.17, 15) is 26.3 Å². The number of ether oxygens (including phenoxy) is 2. The van der Waals surface area contributed by atoms with Gasteiger partial charge in [0.2, 0.25) is 5.13 Å². The predicted octanol–water partition coefficient (Wildman–Crippen LogP) is 3.83. The first-order chi connectivity index (χ1) is 17.0. The Morgan fingerprint density at radius 1 is 1.11 bits per heavy atom. The molecule has 18 heteroatoms. The zero-order chi connectivity index (χ0) is 28.0. The normalized spacial score (nSPS) is 18.7. The molecule has 4 heterocycles. The number of aliphatic carboxylic acids is 2. The first-order valence-corrected chi connectivity index (χ1v) is 12.0. The van der Waals surface area contributed by atoms with Gasteiger partial charge in [-0.1, -0.05) is 11.3 Å². The van der Waals surface area contributed by atoms with Crippen LogP contribution in [0.3, 0.4) is 0 Å². The fraction of sp³-hybridized carbons (Fsp3) is 0.632. The third kappa shape index (κ3) is 9.67. The summed E-state index contributed by atoms with van der Waals surface area (Å²) in [5.74, 6) is -5.51. The molecule has 2 N–H and O–H groups in total. The van der Waals surface area contributed by atoms with Crippen LogP contribution in [0.2, 0.25) is 0 Å². The number of hydrogen-bond donors (Lipinski definition) is 2. The summed E-state index contributed by atoms with van der Waals surface area (Å²) in [5.41, 5.74) is 0.966. The van der Waals surface area contributed by atoms with Crippen molar-refractivity contribution in [1.82, 2.24) is 15.2 Å². The minimum Gasteiger partial charge on any atom is -0.475 e. The number of carboxylic acids is 2. The lowest BCUT2D eigenvalue weighted by Gasteiger charge is -2.52. The SMILES string of the molecule is Cc1nc(COC2CCOC3(C2)CN(c2nnc(C)s2)C3)cs1.O=C(O)C(F)(F)F.O=C(O)C(F)(F)F. The standard InChI is InChI=1S/C15H20N4O2S2.2C2HF3O2/c1-10-16-12(7-22-10)6-20-13-3-4-21-15(5-13)8-19(9-15)14-18-17-11(2)23-14;2*3-2(4,5)1(6)7/h7,13H,3-6,8-9H2,1-2H3;2*(H,6,7). The number of alkyl halides is 6. The van der Waals surface area contributed by atoms with Gasteiger partial charge in [0, 0.05) is 18.4 Å². The molecule has 2 aromatic rings. The summed E-state index contributed by atoms with van der Waals surface area (Å²) in [6, 6.07) is 0. The van der Waals surface area contributed by atoms with Crippen molar-refractivity contribution in [3.8, 4) is 0 Å². The maximum Gasteiger partial charge on any atom is 0.490 e. The molecule has 0 amide bonds. The number of halogens is 6. The van der Waals surface area contributed by atoms with Gasteiger partial charge in [-0.3, -0.25) is 0 Å². The van der Waals surface area contributed by atoms with Gasteiger partial charge in [0.05, 0.1) is 36.5 Å². The molecule has 0 bridgehead atoms. The lowest BCUT2D eigenvalue weighted by molar-refractivity contribution is -0.193. The first-order valence-electron chi connectivity index (χ1n) is 10.3. The Bertz CT molecular complexity index is 1030. The summed E-state index contributed by atoms with van der Waals surface area (Å²) in [7, 11) is 0. The Morgan fingerprint density at radius 2 is 1.68 bits per heavy atom. The van der Waals surface area contributed by atoms with Gasteiger partial charge in [0.1, 0.15) is 10.6 Å². The van der Waals surface area contributed by atoms with Crippen LogP contribution in [0.15, 0.2) is 5.38 Å². The van der Waals surface area contributed by atoms with E-state index < -0.39 is 24.3 Å². The second-order valence-electron chi connectivity index (χ2n) is 7.88. The molecule has 0 aromatic carbocycles. The van der Waals surface area contributed by atoms with Gasteiger partial charge >= 0.3 is 24.3 Å². The largest absolute Gasteiger partial charge is 0.490 e. The van der Waals surface area contributed by atoms with E-state index in [0.717, 1.165) is 53.4 Å². The molecule has 1 spiro atoms. The number of rotatable bonds is 4. The molecule has 1 unspecified atom stereocenters. The molecule has 0 saturated carbocycles. The van der Waals surface area contributed by atoms with E-state index in [1.54, 1.807) is 22.7 Å². The lowest BCUT2D eigenvalue weighted by atomic mass is 9.85. The monoisotopic (exact) mass is 580 g/mol. The topological polar surface area (TPSA) is 135 Å². The fourth-order valence-electron chi connectivity index (χ4n) is 3.22. The number of carbonyl (C=O) groups is 2. The van der Waals surface area contributed by atoms with Gasteiger partial charge in [-0.2, -0.15) is 26.3 Å². The number of thiazole rings is 1. The van der Waals surface area contributed by atoms with Crippen LogP contribution in [-0.2, 0) is 25.7 Å². The van der Waals surface area contributed by atoms with Crippen molar-refractivity contribution in [1.29, 1.82) is 0 Å². The molecule has 2 saturated heterocycles. The Kier molecular flexibility index (Phi) is 10.2. The van der Waals surface area contributed by atoms with E-state index in [-0.39, 0.29) is 11.7 Å². The fourth-order valence-corrected chi connectivity index (χ4v) is 4.50. The van der Waals surface area contributed by atoms with Crippen molar-refractivity contribution < 1.29 is 55.6 Å². The van der Waals surface area contributed by atoms with Gasteiger partial charge in [0.25, 0.3) is 0 Å². The summed E-state index contributed by atoms with van der Waals surface area (Å²) in [4.78, 5) is 24.5. The third-order valence-corrected chi connectivity index (χ3v) is 6.53. The molecule has 10 nitrogen and oxygen atoms in total. The molecule has 0 radical (unpaired) electrons. The molecule has 2 fully saturated rings. The number of aromatic nitrogens is 3. The molecule has 2 aliphatic rings. The second kappa shape index (κ2) is 12.3. The number of nitrogens with zero attached hydrogens (tertiary/aromatic N) is 4. The van der Waals surface area contributed by atoms with Crippen LogP contribution in [-0.4, -0.2) is 81.1 Å². The van der Waals surface area contributed by atoms with Crippen molar-refractivity contribution in [3.05, 3.63) is 21.1 Å². The van der Waals surface area contributed by atoms with E-state index in [0.29, 0.717) is 6.61 Å². The molecule has 208 valence electrons. The van der Waals surface area contributed by atoms with Crippen LogP contribution >= 0.6 is 22.7 Å². The van der Waals surface area contributed by atoms with E-state index >= 15 is 0 Å². The van der Waals surface area contributed by atoms with Crippen molar-refractivity contribution in [2.75, 3.05) is 24.6 Å². The smallest absolute Gasteiger partial charge is 0.475 e. The number of anilines is 1. The lowest BCUT2D eigenvalue weighted by Crippen LogP contribution is -2.66. The quantitative estimate of drug-likeness (QED) is 0.514. The highest BCUT2D eigenvalue weighted by Crippen LogP contribution is 2.38. The van der Waals surface area contributed by atoms with Gasteiger partial charge in [0.15, 0.2) is 0 Å². The Labute approximate surface area is 213 Å². The van der Waals surface area contributed by atoms with Crippen LogP contribution in [0.1, 0.15) is 28.6 Å². The predicted molar refractivity (Wildman–Crippen MR) is 118 cm³/mol. The summed E-state index contributed by atoms with van der Waals surface area (Å²) in [6.07, 6.45) is -8.00.